The van der Waals surface area contributed by atoms with E-state index in [0.717, 1.165) is 41.1 Å². The highest BCUT2D eigenvalue weighted by Crippen LogP contribution is 2.19. The normalized spacial score (nSPS) is 11.6. The zero-order valence-corrected chi connectivity index (χ0v) is 16.9. The van der Waals surface area contributed by atoms with Gasteiger partial charge in [0.15, 0.2) is 5.96 Å². The molecule has 0 radical (unpaired) electrons. The van der Waals surface area contributed by atoms with E-state index in [2.05, 4.69) is 46.5 Å². The van der Waals surface area contributed by atoms with Crippen molar-refractivity contribution in [3.05, 3.63) is 58.8 Å². The third kappa shape index (κ3) is 4.60. The average Bonchev–Trinajstić information content (AvgIpc) is 3.35. The molecule has 0 unspecified atom stereocenters. The van der Waals surface area contributed by atoms with E-state index in [1.165, 1.54) is 5.56 Å². The van der Waals surface area contributed by atoms with Crippen molar-refractivity contribution in [2.45, 2.75) is 46.7 Å². The van der Waals surface area contributed by atoms with Crippen LogP contribution in [0.2, 0.25) is 0 Å². The minimum Gasteiger partial charge on any atom is -0.444 e. The summed E-state index contributed by atoms with van der Waals surface area (Å²) in [5.74, 6) is 2.22. The second-order valence-electron chi connectivity index (χ2n) is 6.53. The molecule has 0 bridgehead atoms. The summed E-state index contributed by atoms with van der Waals surface area (Å²) in [4.78, 5) is 8.82. The minimum absolute atomic E-state index is 0.514. The molecule has 3 aromatic rings. The van der Waals surface area contributed by atoms with Crippen LogP contribution in [0.3, 0.4) is 0 Å². The maximum atomic E-state index is 5.60. The zero-order chi connectivity index (χ0) is 19.9. The van der Waals surface area contributed by atoms with Crippen LogP contribution in [0.5, 0.6) is 0 Å². The Morgan fingerprint density at radius 2 is 1.82 bits per heavy atom. The molecule has 7 nitrogen and oxygen atoms in total. The molecule has 0 amide bonds. The second-order valence-corrected chi connectivity index (χ2v) is 6.53. The third-order valence-corrected chi connectivity index (χ3v) is 4.55. The highest BCUT2D eigenvalue weighted by atomic mass is 16.5. The molecule has 3 rings (SSSR count). The fourth-order valence-electron chi connectivity index (χ4n) is 2.92. The van der Waals surface area contributed by atoms with E-state index in [1.54, 1.807) is 13.3 Å². The van der Waals surface area contributed by atoms with Crippen LogP contribution in [0.4, 0.5) is 0 Å². The van der Waals surface area contributed by atoms with Gasteiger partial charge in [-0.25, -0.2) is 4.98 Å². The predicted octanol–water partition coefficient (Wildman–Crippen LogP) is 3.63. The largest absolute Gasteiger partial charge is 0.444 e. The van der Waals surface area contributed by atoms with Gasteiger partial charge in [0.25, 0.3) is 0 Å². The van der Waals surface area contributed by atoms with Crippen LogP contribution >= 0.6 is 0 Å². The number of aromatic nitrogens is 2. The summed E-state index contributed by atoms with van der Waals surface area (Å²) in [7, 11) is 1.74. The van der Waals surface area contributed by atoms with Gasteiger partial charge >= 0.3 is 0 Å². The number of aryl methyl sites for hydroxylation is 3. The Hall–Kier alpha value is -3.09. The molecule has 0 saturated carbocycles. The molecule has 0 aliphatic carbocycles. The molecule has 7 heteroatoms. The number of nitrogens with one attached hydrogen (secondary N) is 2. The standard InChI is InChI=1S/C21H27N5O2/c1-5-18-17(19(6-2)28-26-18)12-24-21(22-4)23-11-16-13-27-20(25-16)15-9-7-14(3)8-10-15/h7-10,13H,5-6,11-12H2,1-4H3,(H2,22,23,24). The smallest absolute Gasteiger partial charge is 0.226 e. The lowest BCUT2D eigenvalue weighted by Gasteiger charge is -2.11. The lowest BCUT2D eigenvalue weighted by molar-refractivity contribution is 0.380. The molecule has 2 N–H and O–H groups in total. The summed E-state index contributed by atoms with van der Waals surface area (Å²) in [6.45, 7) is 7.32. The van der Waals surface area contributed by atoms with Crippen LogP contribution < -0.4 is 10.6 Å². The maximum absolute atomic E-state index is 5.60. The molecule has 0 atom stereocenters. The van der Waals surface area contributed by atoms with Crippen LogP contribution in [-0.2, 0) is 25.9 Å². The fraction of sp³-hybridized carbons (Fsp3) is 0.381. The van der Waals surface area contributed by atoms with Gasteiger partial charge in [0, 0.05) is 31.1 Å². The Kier molecular flexibility index (Phi) is 6.47. The Balaban J connectivity index is 1.58. The first kappa shape index (κ1) is 19.7. The molecule has 2 heterocycles. The van der Waals surface area contributed by atoms with E-state index < -0.39 is 0 Å². The topological polar surface area (TPSA) is 88.5 Å². The average molecular weight is 381 g/mol. The quantitative estimate of drug-likeness (QED) is 0.480. The number of oxazole rings is 1. The zero-order valence-electron chi connectivity index (χ0n) is 16.9. The van der Waals surface area contributed by atoms with Gasteiger partial charge in [-0.05, 0) is 25.5 Å². The van der Waals surface area contributed by atoms with Crippen molar-refractivity contribution in [3.63, 3.8) is 0 Å². The number of rotatable bonds is 7. The van der Waals surface area contributed by atoms with Gasteiger partial charge in [0.1, 0.15) is 12.0 Å². The molecule has 0 saturated heterocycles. The first-order chi connectivity index (χ1) is 13.6. The summed E-state index contributed by atoms with van der Waals surface area (Å²) in [6.07, 6.45) is 3.32. The first-order valence-corrected chi connectivity index (χ1v) is 9.56. The van der Waals surface area contributed by atoms with E-state index in [9.17, 15) is 0 Å². The Morgan fingerprint density at radius 1 is 1.07 bits per heavy atom. The number of hydrogen-bond acceptors (Lipinski definition) is 5. The van der Waals surface area contributed by atoms with Gasteiger partial charge in [-0.1, -0.05) is 36.7 Å². The van der Waals surface area contributed by atoms with E-state index in [1.807, 2.05) is 24.3 Å². The third-order valence-electron chi connectivity index (χ3n) is 4.55. The Morgan fingerprint density at radius 3 is 2.50 bits per heavy atom. The predicted molar refractivity (Wildman–Crippen MR) is 109 cm³/mol. The number of nitrogens with zero attached hydrogens (tertiary/aromatic N) is 3. The van der Waals surface area contributed by atoms with Crippen LogP contribution in [0, 0.1) is 6.92 Å². The van der Waals surface area contributed by atoms with E-state index >= 15 is 0 Å². The number of guanidine groups is 1. The Labute approximate surface area is 165 Å². The number of hydrogen-bond donors (Lipinski definition) is 2. The molecule has 1 aromatic carbocycles. The summed E-state index contributed by atoms with van der Waals surface area (Å²) in [5.41, 5.74) is 5.07. The van der Waals surface area contributed by atoms with Crippen molar-refractivity contribution < 1.29 is 8.94 Å². The monoisotopic (exact) mass is 381 g/mol. The maximum Gasteiger partial charge on any atom is 0.226 e. The molecule has 0 fully saturated rings. The summed E-state index contributed by atoms with van der Waals surface area (Å²) < 4.78 is 11.0. The Bertz CT molecular complexity index is 903. The van der Waals surface area contributed by atoms with Crippen LogP contribution in [-0.4, -0.2) is 23.1 Å². The van der Waals surface area contributed by atoms with Crippen molar-refractivity contribution in [2.75, 3.05) is 7.05 Å². The van der Waals surface area contributed by atoms with E-state index in [-0.39, 0.29) is 0 Å². The minimum atomic E-state index is 0.514. The van der Waals surface area contributed by atoms with Gasteiger partial charge in [0.2, 0.25) is 5.89 Å². The van der Waals surface area contributed by atoms with Gasteiger partial charge in [-0.2, -0.15) is 0 Å². The van der Waals surface area contributed by atoms with Crippen molar-refractivity contribution in [1.29, 1.82) is 0 Å². The molecule has 28 heavy (non-hydrogen) atoms. The lowest BCUT2D eigenvalue weighted by atomic mass is 10.1. The highest BCUT2D eigenvalue weighted by molar-refractivity contribution is 5.79. The van der Waals surface area contributed by atoms with Crippen molar-refractivity contribution in [2.24, 2.45) is 4.99 Å². The van der Waals surface area contributed by atoms with Gasteiger partial charge in [0.05, 0.1) is 17.9 Å². The molecule has 0 aliphatic heterocycles. The van der Waals surface area contributed by atoms with Crippen LogP contribution in [0.25, 0.3) is 11.5 Å². The van der Waals surface area contributed by atoms with Gasteiger partial charge in [-0.15, -0.1) is 0 Å². The van der Waals surface area contributed by atoms with Crippen molar-refractivity contribution >= 4 is 5.96 Å². The summed E-state index contributed by atoms with van der Waals surface area (Å²) in [5, 5.41) is 10.7. The molecular formula is C21H27N5O2. The molecule has 0 aliphatic rings. The van der Waals surface area contributed by atoms with Gasteiger partial charge < -0.3 is 19.6 Å². The van der Waals surface area contributed by atoms with Crippen LogP contribution in [0.15, 0.2) is 44.5 Å². The first-order valence-electron chi connectivity index (χ1n) is 9.56. The molecular weight excluding hydrogens is 354 g/mol. The van der Waals surface area contributed by atoms with Gasteiger partial charge in [-0.3, -0.25) is 4.99 Å². The molecule has 148 valence electrons. The number of aliphatic imine (C=N–C) groups is 1. The lowest BCUT2D eigenvalue weighted by Crippen LogP contribution is -2.36. The van der Waals surface area contributed by atoms with Crippen molar-refractivity contribution in [1.82, 2.24) is 20.8 Å². The SMILES string of the molecule is CCc1noc(CC)c1CNC(=NC)NCc1coc(-c2ccc(C)cc2)n1. The van der Waals surface area contributed by atoms with Crippen LogP contribution in [0.1, 0.15) is 42.1 Å². The molecule has 0 spiro atoms. The summed E-state index contributed by atoms with van der Waals surface area (Å²) in [6, 6.07) is 8.11. The number of benzene rings is 1. The highest BCUT2D eigenvalue weighted by Gasteiger charge is 2.14. The second kappa shape index (κ2) is 9.21. The van der Waals surface area contributed by atoms with E-state index in [0.29, 0.717) is 24.9 Å². The summed E-state index contributed by atoms with van der Waals surface area (Å²) >= 11 is 0. The van der Waals surface area contributed by atoms with E-state index in [4.69, 9.17) is 8.94 Å². The van der Waals surface area contributed by atoms with Crippen molar-refractivity contribution in [3.8, 4) is 11.5 Å². The fourth-order valence-corrected chi connectivity index (χ4v) is 2.92. The molecule has 2 aromatic heterocycles.